The first kappa shape index (κ1) is 23.1. The van der Waals surface area contributed by atoms with Crippen LogP contribution in [0.5, 0.6) is 5.75 Å². The van der Waals surface area contributed by atoms with Gasteiger partial charge in [-0.05, 0) is 49.8 Å². The molecule has 0 bridgehead atoms. The second-order valence-corrected chi connectivity index (χ2v) is 9.19. The van der Waals surface area contributed by atoms with E-state index < -0.39 is 0 Å². The fraction of sp³-hybridized carbons (Fsp3) is 0.583. The molecule has 4 rings (SSSR count). The van der Waals surface area contributed by atoms with E-state index in [-0.39, 0.29) is 34.9 Å². The summed E-state index contributed by atoms with van der Waals surface area (Å²) in [6.07, 6.45) is 3.12. The van der Waals surface area contributed by atoms with Crippen molar-refractivity contribution in [1.82, 2.24) is 18.9 Å². The minimum Gasteiger partial charge on any atom is -0.497 e. The maximum Gasteiger partial charge on any atom is 0.331 e. The van der Waals surface area contributed by atoms with Gasteiger partial charge in [-0.3, -0.25) is 23.5 Å². The zero-order chi connectivity index (χ0) is 23.7. The van der Waals surface area contributed by atoms with Gasteiger partial charge in [-0.2, -0.15) is 0 Å². The van der Waals surface area contributed by atoms with E-state index in [1.165, 1.54) is 9.13 Å². The van der Waals surface area contributed by atoms with Crippen molar-refractivity contribution in [2.24, 2.45) is 18.9 Å². The monoisotopic (exact) mass is 456 g/mol. The number of methoxy groups -OCH3 is 1. The van der Waals surface area contributed by atoms with Crippen molar-refractivity contribution in [3.05, 3.63) is 39.0 Å². The van der Waals surface area contributed by atoms with Crippen LogP contribution in [0.15, 0.2) is 27.8 Å². The first-order valence-electron chi connectivity index (χ1n) is 11.6. The van der Waals surface area contributed by atoms with E-state index in [1.54, 1.807) is 44.2 Å². The maximum atomic E-state index is 13.1. The highest BCUT2D eigenvalue weighted by Crippen LogP contribution is 2.31. The number of carbonyl (C=O) groups is 2. The van der Waals surface area contributed by atoms with Crippen molar-refractivity contribution in [3.8, 4) is 5.75 Å². The van der Waals surface area contributed by atoms with Crippen molar-refractivity contribution < 1.29 is 14.3 Å². The summed E-state index contributed by atoms with van der Waals surface area (Å²) < 4.78 is 8.08. The van der Waals surface area contributed by atoms with Gasteiger partial charge in [-0.15, -0.1) is 0 Å². The molecule has 9 heteroatoms. The fourth-order valence-corrected chi connectivity index (χ4v) is 5.13. The van der Waals surface area contributed by atoms with E-state index in [9.17, 15) is 19.2 Å². The molecule has 1 aliphatic heterocycles. The van der Waals surface area contributed by atoms with Gasteiger partial charge in [0.25, 0.3) is 5.56 Å². The molecule has 0 radical (unpaired) electrons. The Hall–Kier alpha value is -3.10. The van der Waals surface area contributed by atoms with Crippen LogP contribution in [-0.4, -0.2) is 64.0 Å². The molecular weight excluding hydrogens is 424 g/mol. The third kappa shape index (κ3) is 4.54. The largest absolute Gasteiger partial charge is 0.497 e. The highest BCUT2D eigenvalue weighted by atomic mass is 16.5. The minimum atomic E-state index is -0.320. The van der Waals surface area contributed by atoms with Gasteiger partial charge in [0.05, 0.1) is 18.0 Å². The molecule has 2 heterocycles. The lowest BCUT2D eigenvalue weighted by Gasteiger charge is -2.37. The van der Waals surface area contributed by atoms with E-state index in [0.717, 1.165) is 25.7 Å². The number of benzene rings is 1. The summed E-state index contributed by atoms with van der Waals surface area (Å²) in [5.74, 6) is 0.953. The van der Waals surface area contributed by atoms with Gasteiger partial charge in [-0.1, -0.05) is 0 Å². The molecule has 1 aliphatic carbocycles. The molecule has 1 aromatic carbocycles. The highest BCUT2D eigenvalue weighted by molar-refractivity contribution is 5.80. The molecule has 2 amide bonds. The van der Waals surface area contributed by atoms with Crippen LogP contribution in [0.2, 0.25) is 0 Å². The van der Waals surface area contributed by atoms with Crippen LogP contribution in [0, 0.1) is 11.8 Å². The van der Waals surface area contributed by atoms with Crippen LogP contribution in [0.3, 0.4) is 0 Å². The zero-order valence-corrected chi connectivity index (χ0v) is 19.6. The fourth-order valence-electron chi connectivity index (χ4n) is 5.13. The van der Waals surface area contributed by atoms with E-state index >= 15 is 0 Å². The average molecular weight is 457 g/mol. The quantitative estimate of drug-likeness (QED) is 0.689. The van der Waals surface area contributed by atoms with Crippen LogP contribution in [-0.2, 0) is 23.2 Å². The second-order valence-electron chi connectivity index (χ2n) is 9.19. The van der Waals surface area contributed by atoms with Crippen molar-refractivity contribution >= 4 is 22.7 Å². The Bertz CT molecular complexity index is 1170. The van der Waals surface area contributed by atoms with Crippen molar-refractivity contribution in [3.63, 3.8) is 0 Å². The molecule has 1 aromatic heterocycles. The number of aryl methyl sites for hydroxylation is 1. The number of carbonyl (C=O) groups excluding carboxylic acids is 2. The van der Waals surface area contributed by atoms with E-state index in [4.69, 9.17) is 4.74 Å². The molecule has 178 valence electrons. The third-order valence-corrected chi connectivity index (χ3v) is 7.23. The number of ether oxygens (including phenoxy) is 1. The lowest BCUT2D eigenvalue weighted by molar-refractivity contribution is -0.142. The number of hydrogen-bond acceptors (Lipinski definition) is 5. The minimum absolute atomic E-state index is 0.0226. The molecule has 1 saturated heterocycles. The molecule has 33 heavy (non-hydrogen) atoms. The van der Waals surface area contributed by atoms with Crippen LogP contribution in [0.1, 0.15) is 32.6 Å². The topological polar surface area (TPSA) is 93.8 Å². The number of nitrogens with zero attached hydrogens (tertiary/aromatic N) is 4. The summed E-state index contributed by atoms with van der Waals surface area (Å²) in [5, 5.41) is 0.463. The molecule has 0 unspecified atom stereocenters. The molecule has 2 aromatic rings. The zero-order valence-electron chi connectivity index (χ0n) is 19.6. The number of piperazine rings is 1. The Morgan fingerprint density at radius 2 is 1.64 bits per heavy atom. The Morgan fingerprint density at radius 3 is 2.24 bits per heavy atom. The third-order valence-electron chi connectivity index (χ3n) is 7.23. The summed E-state index contributed by atoms with van der Waals surface area (Å²) in [6, 6.07) is 5.15. The van der Waals surface area contributed by atoms with Crippen molar-refractivity contribution in [2.45, 2.75) is 39.2 Å². The summed E-state index contributed by atoms with van der Waals surface area (Å²) in [5.41, 5.74) is -0.0334. The molecular formula is C24H32N4O5. The standard InChI is InChI=1S/C24H32N4O5/c1-16(29)26-10-12-27(13-11-26)22(30)18-6-4-17(5-7-18)15-28-23(31)20-14-19(33-3)8-9-21(20)25(2)24(28)32/h8-9,14,17-18H,4-7,10-13,15H2,1-3H3/t17-,18-. The van der Waals surface area contributed by atoms with Crippen molar-refractivity contribution in [1.29, 1.82) is 0 Å². The van der Waals surface area contributed by atoms with Gasteiger partial charge in [0.15, 0.2) is 0 Å². The SMILES string of the molecule is COc1ccc2c(c1)c(=O)n(C[C@H]1CC[C@H](C(=O)N3CCN(C(C)=O)CC3)CC1)c(=O)n2C. The van der Waals surface area contributed by atoms with E-state index in [1.807, 2.05) is 4.90 Å². The molecule has 0 N–H and O–H groups in total. The van der Waals surface area contributed by atoms with Gasteiger partial charge in [0.1, 0.15) is 5.75 Å². The molecule has 1 saturated carbocycles. The van der Waals surface area contributed by atoms with Crippen molar-refractivity contribution in [2.75, 3.05) is 33.3 Å². The van der Waals surface area contributed by atoms with Gasteiger partial charge < -0.3 is 14.5 Å². The van der Waals surface area contributed by atoms with Crippen LogP contribution in [0.25, 0.3) is 10.9 Å². The Morgan fingerprint density at radius 1 is 1.00 bits per heavy atom. The smallest absolute Gasteiger partial charge is 0.331 e. The van der Waals surface area contributed by atoms with Crippen LogP contribution in [0.4, 0.5) is 0 Å². The molecule has 0 spiro atoms. The van der Waals surface area contributed by atoms with Gasteiger partial charge >= 0.3 is 5.69 Å². The summed E-state index contributed by atoms with van der Waals surface area (Å²) >= 11 is 0. The summed E-state index contributed by atoms with van der Waals surface area (Å²) in [6.45, 7) is 4.28. The second kappa shape index (κ2) is 9.41. The number of aromatic nitrogens is 2. The predicted octanol–water partition coefficient (Wildman–Crippen LogP) is 1.21. The number of fused-ring (bicyclic) bond motifs is 1. The molecule has 2 aliphatic rings. The Labute approximate surface area is 192 Å². The molecule has 0 atom stereocenters. The van der Waals surface area contributed by atoms with E-state index in [0.29, 0.717) is 49.4 Å². The molecule has 2 fully saturated rings. The van der Waals surface area contributed by atoms with Gasteiger partial charge in [-0.25, -0.2) is 4.79 Å². The number of hydrogen-bond donors (Lipinski definition) is 0. The highest BCUT2D eigenvalue weighted by Gasteiger charge is 2.32. The lowest BCUT2D eigenvalue weighted by Crippen LogP contribution is -2.51. The summed E-state index contributed by atoms with van der Waals surface area (Å²) in [7, 11) is 3.22. The first-order chi connectivity index (χ1) is 15.8. The predicted molar refractivity (Wildman–Crippen MR) is 124 cm³/mol. The van der Waals surface area contributed by atoms with Gasteiger partial charge in [0, 0.05) is 52.6 Å². The summed E-state index contributed by atoms with van der Waals surface area (Å²) in [4.78, 5) is 54.1. The average Bonchev–Trinajstić information content (AvgIpc) is 2.85. The number of rotatable bonds is 4. The van der Waals surface area contributed by atoms with E-state index in [2.05, 4.69) is 0 Å². The lowest BCUT2D eigenvalue weighted by atomic mass is 9.81. The van der Waals surface area contributed by atoms with Gasteiger partial charge in [0.2, 0.25) is 11.8 Å². The normalized spacial score (nSPS) is 21.3. The molecule has 9 nitrogen and oxygen atoms in total. The maximum absolute atomic E-state index is 13.1. The Kier molecular flexibility index (Phi) is 6.58. The van der Waals surface area contributed by atoms with Crippen LogP contribution >= 0.6 is 0 Å². The number of amides is 2. The van der Waals surface area contributed by atoms with Crippen LogP contribution < -0.4 is 16.0 Å². The Balaban J connectivity index is 1.42. The first-order valence-corrected chi connectivity index (χ1v) is 11.6.